The second-order valence-electron chi connectivity index (χ2n) is 19.5. The Morgan fingerprint density at radius 2 is 0.475 bits per heavy atom. The Balaban J connectivity index is 1.51. The number of benzene rings is 10. The molecule has 0 nitrogen and oxygen atoms in total. The van der Waals surface area contributed by atoms with Gasteiger partial charge in [0.1, 0.15) is 220 Å². The molecule has 29 heteroatoms. The Morgan fingerprint density at radius 3 is 0.800 bits per heavy atom. The van der Waals surface area contributed by atoms with E-state index in [2.05, 4.69) is 5.92 Å². The smallest absolute Gasteiger partial charge is 0.115 e. The molecule has 10 aromatic rings. The molecule has 0 aromatic heterocycles. The summed E-state index contributed by atoms with van der Waals surface area (Å²) in [4.78, 5) is 0. The van der Waals surface area contributed by atoms with Crippen LogP contribution in [0.15, 0.2) is 10.9 Å². The normalized spacial score (nSPS) is 12.6. The number of allylic oxidation sites excluding steroid dienone is 4. The number of hydrogen-bond donors (Lipinski definition) is 0. The molecule has 80 heavy (non-hydrogen) atoms. The van der Waals surface area contributed by atoms with Gasteiger partial charge in [0.05, 0.1) is 7.85 Å². The van der Waals surface area contributed by atoms with E-state index in [9.17, 15) is 0 Å². The van der Waals surface area contributed by atoms with Gasteiger partial charge in [0.15, 0.2) is 0 Å². The van der Waals surface area contributed by atoms with Gasteiger partial charge in [-0.25, -0.2) is 0 Å². The van der Waals surface area contributed by atoms with Gasteiger partial charge in [0.25, 0.3) is 0 Å². The van der Waals surface area contributed by atoms with Crippen molar-refractivity contribution in [1.82, 2.24) is 0 Å². The molecule has 10 rings (SSSR count). The lowest BCUT2D eigenvalue weighted by atomic mass is 9.55. The lowest BCUT2D eigenvalue weighted by molar-refractivity contribution is 1.62. The summed E-state index contributed by atoms with van der Waals surface area (Å²) in [5.41, 5.74) is -5.22. The Labute approximate surface area is 504 Å². The van der Waals surface area contributed by atoms with E-state index in [1.165, 1.54) is 0 Å². The van der Waals surface area contributed by atoms with Gasteiger partial charge in [-0.15, -0.1) is 33.7 Å². The van der Waals surface area contributed by atoms with Crippen molar-refractivity contribution >= 4 is 445 Å². The Hall–Kier alpha value is -4.80. The minimum Gasteiger partial charge on any atom is -0.115 e. The summed E-state index contributed by atoms with van der Waals surface area (Å²) >= 11 is 0. The molecule has 0 amide bonds. The standard InChI is InChI=1S/C51H3B29/c1-2-4(24(53)25(54)5(3-52)7-28(57)49(78)51(80)50(79)29(7)58)6-12(15-13-8-10-19(36(65)30(13)59)43(72)47(76)45(74)21(10)40(69)38(67)17(8)34(63)32(15)61)26(55)23(42(71)27(6)56)16-14-9-11-20(37(66)31(14)60)44(73)48(77)46(75)22(11)41(70)39(68)18(9)35(64)33(16)62/h1H,3H2/b24-4-,25-5-. The summed E-state index contributed by atoms with van der Waals surface area (Å²) in [6, 6.07) is 0. The summed E-state index contributed by atoms with van der Waals surface area (Å²) in [7, 11) is 199. The minimum atomic E-state index is -0.400. The van der Waals surface area contributed by atoms with Crippen molar-refractivity contribution in [2.24, 2.45) is 0 Å². The summed E-state index contributed by atoms with van der Waals surface area (Å²) in [5, 5.41) is 1.81. The van der Waals surface area contributed by atoms with Gasteiger partial charge in [0, 0.05) is 5.57 Å². The molecule has 58 radical (unpaired) electrons. The highest BCUT2D eigenvalue weighted by atomic mass is 14.3. The zero-order valence-corrected chi connectivity index (χ0v) is 42.5. The van der Waals surface area contributed by atoms with E-state index in [1.807, 2.05) is 0 Å². The average molecular weight is 929 g/mol. The minimum absolute atomic E-state index is 0.000236. The first-order valence-electron chi connectivity index (χ1n) is 23.6. The fourth-order valence-corrected chi connectivity index (χ4v) is 11.7. The van der Waals surface area contributed by atoms with E-state index in [0.29, 0.717) is 0 Å². The van der Waals surface area contributed by atoms with E-state index in [1.54, 1.807) is 0 Å². The topological polar surface area (TPSA) is 0 Å². The highest BCUT2D eigenvalue weighted by molar-refractivity contribution is 6.78. The molecule has 0 unspecified atom stereocenters. The first-order chi connectivity index (χ1) is 37.4. The van der Waals surface area contributed by atoms with Crippen molar-refractivity contribution in [3.05, 3.63) is 22.1 Å². The summed E-state index contributed by atoms with van der Waals surface area (Å²) in [6.45, 7) is 0. The van der Waals surface area contributed by atoms with Crippen LogP contribution in [0.25, 0.3) is 98.0 Å². The number of terminal acetylenes is 1. The van der Waals surface area contributed by atoms with E-state index < -0.39 is 11.8 Å². The molecule has 10 aromatic carbocycles. The third-order valence-corrected chi connectivity index (χ3v) is 15.8. The summed E-state index contributed by atoms with van der Waals surface area (Å²) < 4.78 is 0. The summed E-state index contributed by atoms with van der Waals surface area (Å²) in [5.74, 6) is 2.60. The van der Waals surface area contributed by atoms with Gasteiger partial charge in [0.2, 0.25) is 0 Å². The van der Waals surface area contributed by atoms with Crippen LogP contribution in [-0.2, 0) is 0 Å². The molecule has 0 aliphatic carbocycles. The quantitative estimate of drug-likeness (QED) is 0.0675. The van der Waals surface area contributed by atoms with Crippen LogP contribution >= 0.6 is 0 Å². The van der Waals surface area contributed by atoms with E-state index >= 15 is 0 Å². The van der Waals surface area contributed by atoms with E-state index in [-0.39, 0.29) is 257 Å². The Bertz CT molecular complexity index is 4640. The monoisotopic (exact) mass is 934 g/mol. The average Bonchev–Trinajstić information content (AvgIpc) is 2.61. The highest BCUT2D eigenvalue weighted by Gasteiger charge is 2.32. The van der Waals surface area contributed by atoms with Gasteiger partial charge < -0.3 is 0 Å². The maximum atomic E-state index is 7.71. The molecule has 294 valence electrons. The zero-order chi connectivity index (χ0) is 59.1. The molecule has 0 saturated carbocycles. The molecule has 0 fully saturated rings. The molecule has 0 aliphatic heterocycles. The van der Waals surface area contributed by atoms with Crippen molar-refractivity contribution in [2.75, 3.05) is 0 Å². The Kier molecular flexibility index (Phi) is 14.6. The van der Waals surface area contributed by atoms with Gasteiger partial charge in [-0.2, -0.15) is 0 Å². The maximum Gasteiger partial charge on any atom is 0.115 e. The fraction of sp³-hybridized carbons (Fsp3) is 0.0196. The predicted molar refractivity (Wildman–Crippen MR) is 376 cm³/mol. The second kappa shape index (κ2) is 19.9. The SMILES string of the molecule is [B]C/C(=C([B])\C([B])=C(/C#C)c1c([B])c([B])c(-c2c([B])c([B])c3c([B])c([B])c4c([B])c([B])c([B])c5c([B])c([B])c2c3c45)c([B])c1-c1c([B])c([B])c2c([B])c([B])c3c([B])c([B])c([B])c4c([B])c([B])c1c2c34)c1c([B])c([B])c([B])c([B])c1[B]. The van der Waals surface area contributed by atoms with Crippen molar-refractivity contribution < 1.29 is 0 Å². The van der Waals surface area contributed by atoms with Crippen LogP contribution in [-0.4, -0.2) is 228 Å². The first kappa shape index (κ1) is 58.4. The molecule has 0 spiro atoms. The van der Waals surface area contributed by atoms with Crippen molar-refractivity contribution in [1.29, 1.82) is 0 Å². The van der Waals surface area contributed by atoms with Crippen LogP contribution in [0.4, 0.5) is 0 Å². The van der Waals surface area contributed by atoms with Crippen LogP contribution in [0.3, 0.4) is 0 Å². The third-order valence-electron chi connectivity index (χ3n) is 15.8. The number of hydrogen-bond acceptors (Lipinski definition) is 0. The fourth-order valence-electron chi connectivity index (χ4n) is 11.7. The van der Waals surface area contributed by atoms with Gasteiger partial charge >= 0.3 is 0 Å². The van der Waals surface area contributed by atoms with Crippen LogP contribution in [0.1, 0.15) is 11.1 Å². The lowest BCUT2D eigenvalue weighted by Gasteiger charge is -2.34. The first-order valence-corrected chi connectivity index (χ1v) is 23.6. The van der Waals surface area contributed by atoms with E-state index in [0.717, 1.165) is 0 Å². The van der Waals surface area contributed by atoms with Crippen LogP contribution in [0.5, 0.6) is 0 Å². The number of rotatable bonds is 6. The molecule has 0 bridgehead atoms. The second-order valence-corrected chi connectivity index (χ2v) is 19.5. The van der Waals surface area contributed by atoms with Gasteiger partial charge in [-0.1, -0.05) is 143 Å². The van der Waals surface area contributed by atoms with Crippen molar-refractivity contribution in [3.63, 3.8) is 0 Å². The largest absolute Gasteiger partial charge is 0.115 e. The zero-order valence-electron chi connectivity index (χ0n) is 42.5. The molecule has 0 aliphatic rings. The Morgan fingerprint density at radius 1 is 0.237 bits per heavy atom. The van der Waals surface area contributed by atoms with Gasteiger partial charge in [-0.05, 0) is 98.0 Å². The van der Waals surface area contributed by atoms with Crippen LogP contribution in [0, 0.1) is 12.3 Å². The van der Waals surface area contributed by atoms with E-state index in [4.69, 9.17) is 234 Å². The predicted octanol–water partition coefficient (Wildman–Crippen LogP) is -18.9. The molecule has 0 heterocycles. The molecule has 0 atom stereocenters. The van der Waals surface area contributed by atoms with Crippen LogP contribution in [0.2, 0.25) is 6.32 Å². The lowest BCUT2D eigenvalue weighted by Crippen LogP contribution is -2.56. The van der Waals surface area contributed by atoms with Crippen molar-refractivity contribution in [2.45, 2.75) is 6.32 Å². The maximum absolute atomic E-state index is 7.71. The highest BCUT2D eigenvalue weighted by Crippen LogP contribution is 2.39. The van der Waals surface area contributed by atoms with Gasteiger partial charge in [-0.3, -0.25) is 0 Å². The molecular formula is C51H3B29. The molecule has 0 N–H and O–H groups in total. The molecule has 0 saturated heterocycles. The van der Waals surface area contributed by atoms with Crippen LogP contribution < -0.4 is 142 Å². The molecular weight excluding hydrogens is 926 g/mol. The third kappa shape index (κ3) is 7.39. The van der Waals surface area contributed by atoms with Crippen molar-refractivity contribution in [3.8, 4) is 34.6 Å². The summed E-state index contributed by atoms with van der Waals surface area (Å²) in [6.07, 6.45) is 6.12.